The predicted molar refractivity (Wildman–Crippen MR) is 88.2 cm³/mol. The average molecular weight is 323 g/mol. The van der Waals surface area contributed by atoms with Gasteiger partial charge in [0, 0.05) is 30.2 Å². The van der Waals surface area contributed by atoms with Crippen molar-refractivity contribution in [2.45, 2.75) is 0 Å². The van der Waals surface area contributed by atoms with Crippen LogP contribution in [0.1, 0.15) is 0 Å². The lowest BCUT2D eigenvalue weighted by molar-refractivity contribution is -0.384. The maximum absolute atomic E-state index is 10.7. The van der Waals surface area contributed by atoms with E-state index in [0.717, 1.165) is 5.56 Å². The Kier molecular flexibility index (Phi) is 4.28. The Morgan fingerprint density at radius 1 is 1.08 bits per heavy atom. The van der Waals surface area contributed by atoms with Crippen LogP contribution < -0.4 is 10.1 Å². The second kappa shape index (κ2) is 6.69. The zero-order valence-corrected chi connectivity index (χ0v) is 12.7. The van der Waals surface area contributed by atoms with E-state index in [-0.39, 0.29) is 5.69 Å². The minimum atomic E-state index is -0.449. The first-order chi connectivity index (χ1) is 11.7. The fourth-order valence-electron chi connectivity index (χ4n) is 2.11. The molecule has 120 valence electrons. The first-order valence-corrected chi connectivity index (χ1v) is 7.01. The molecule has 0 saturated carbocycles. The molecule has 0 aliphatic carbocycles. The third-order valence-electron chi connectivity index (χ3n) is 3.23. The molecule has 3 rings (SSSR count). The Morgan fingerprint density at radius 2 is 1.88 bits per heavy atom. The van der Waals surface area contributed by atoms with Gasteiger partial charge in [-0.15, -0.1) is 0 Å². The highest BCUT2D eigenvalue weighted by Gasteiger charge is 2.09. The van der Waals surface area contributed by atoms with Crippen LogP contribution in [0.5, 0.6) is 5.88 Å². The van der Waals surface area contributed by atoms with Crippen LogP contribution in [0.25, 0.3) is 11.3 Å². The SMILES string of the molecule is COc1ncccc1-c1ccnc(Nc2ccc([N+](=O)[O-])cc2)n1. The van der Waals surface area contributed by atoms with E-state index in [1.54, 1.807) is 43.8 Å². The highest BCUT2D eigenvalue weighted by molar-refractivity contribution is 5.66. The molecule has 1 aromatic carbocycles. The van der Waals surface area contributed by atoms with Gasteiger partial charge in [0.15, 0.2) is 0 Å². The third-order valence-corrected chi connectivity index (χ3v) is 3.23. The third kappa shape index (κ3) is 3.27. The van der Waals surface area contributed by atoms with Crippen molar-refractivity contribution in [3.63, 3.8) is 0 Å². The summed E-state index contributed by atoms with van der Waals surface area (Å²) >= 11 is 0. The molecule has 0 amide bonds. The van der Waals surface area contributed by atoms with Crippen molar-refractivity contribution in [3.05, 3.63) is 65.0 Å². The standard InChI is InChI=1S/C16H13N5O3/c1-24-15-13(3-2-9-17-15)14-8-10-18-16(20-14)19-11-4-6-12(7-5-11)21(22)23/h2-10H,1H3,(H,18,19,20). The smallest absolute Gasteiger partial charge is 0.269 e. The van der Waals surface area contributed by atoms with Crippen LogP contribution in [0.3, 0.4) is 0 Å². The summed E-state index contributed by atoms with van der Waals surface area (Å²) in [5.74, 6) is 0.838. The van der Waals surface area contributed by atoms with Crippen molar-refractivity contribution in [2.75, 3.05) is 12.4 Å². The molecule has 2 heterocycles. The number of hydrogen-bond acceptors (Lipinski definition) is 7. The summed E-state index contributed by atoms with van der Waals surface area (Å²) in [6.07, 6.45) is 3.25. The van der Waals surface area contributed by atoms with Gasteiger partial charge in [-0.05, 0) is 30.3 Å². The van der Waals surface area contributed by atoms with E-state index in [1.165, 1.54) is 12.1 Å². The van der Waals surface area contributed by atoms with Crippen molar-refractivity contribution in [2.24, 2.45) is 0 Å². The van der Waals surface area contributed by atoms with Crippen molar-refractivity contribution >= 4 is 17.3 Å². The van der Waals surface area contributed by atoms with Gasteiger partial charge >= 0.3 is 0 Å². The molecule has 0 atom stereocenters. The van der Waals surface area contributed by atoms with Gasteiger partial charge in [0.25, 0.3) is 5.69 Å². The lowest BCUT2D eigenvalue weighted by Gasteiger charge is -2.08. The van der Waals surface area contributed by atoms with E-state index < -0.39 is 4.92 Å². The van der Waals surface area contributed by atoms with Crippen LogP contribution in [-0.2, 0) is 0 Å². The number of ether oxygens (including phenoxy) is 1. The van der Waals surface area contributed by atoms with Crippen LogP contribution in [0.15, 0.2) is 54.9 Å². The molecule has 3 aromatic rings. The lowest BCUT2D eigenvalue weighted by atomic mass is 10.2. The zero-order valence-electron chi connectivity index (χ0n) is 12.7. The molecular weight excluding hydrogens is 310 g/mol. The number of methoxy groups -OCH3 is 1. The van der Waals surface area contributed by atoms with Crippen LogP contribution in [-0.4, -0.2) is 27.0 Å². The lowest BCUT2D eigenvalue weighted by Crippen LogP contribution is -1.99. The fraction of sp³-hybridized carbons (Fsp3) is 0.0625. The first-order valence-electron chi connectivity index (χ1n) is 7.01. The summed E-state index contributed by atoms with van der Waals surface area (Å²) < 4.78 is 5.24. The predicted octanol–water partition coefficient (Wildman–Crippen LogP) is 3.20. The molecule has 0 radical (unpaired) electrons. The average Bonchev–Trinajstić information content (AvgIpc) is 2.62. The topological polar surface area (TPSA) is 103 Å². The van der Waals surface area contributed by atoms with Gasteiger partial charge in [-0.25, -0.2) is 15.0 Å². The molecule has 1 N–H and O–H groups in total. The Hall–Kier alpha value is -3.55. The van der Waals surface area contributed by atoms with E-state index in [1.807, 2.05) is 6.07 Å². The van der Waals surface area contributed by atoms with Crippen molar-refractivity contribution < 1.29 is 9.66 Å². The van der Waals surface area contributed by atoms with Gasteiger partial charge in [0.1, 0.15) is 0 Å². The van der Waals surface area contributed by atoms with Crippen LogP contribution >= 0.6 is 0 Å². The second-order valence-corrected chi connectivity index (χ2v) is 4.75. The summed E-state index contributed by atoms with van der Waals surface area (Å²) in [6, 6.07) is 11.4. The van der Waals surface area contributed by atoms with Gasteiger partial charge in [0.05, 0.1) is 23.3 Å². The number of aromatic nitrogens is 3. The molecule has 0 bridgehead atoms. The molecule has 8 heteroatoms. The largest absolute Gasteiger partial charge is 0.481 e. The fourth-order valence-corrected chi connectivity index (χ4v) is 2.11. The van der Waals surface area contributed by atoms with Gasteiger partial charge in [0.2, 0.25) is 11.8 Å². The molecule has 0 aliphatic rings. The van der Waals surface area contributed by atoms with Gasteiger partial charge < -0.3 is 10.1 Å². The molecule has 0 unspecified atom stereocenters. The van der Waals surface area contributed by atoms with E-state index in [4.69, 9.17) is 4.74 Å². The van der Waals surface area contributed by atoms with E-state index >= 15 is 0 Å². The Bertz CT molecular complexity index is 868. The number of nitrogens with zero attached hydrogens (tertiary/aromatic N) is 4. The Morgan fingerprint density at radius 3 is 2.58 bits per heavy atom. The number of nitrogens with one attached hydrogen (secondary N) is 1. The van der Waals surface area contributed by atoms with E-state index in [0.29, 0.717) is 23.2 Å². The highest BCUT2D eigenvalue weighted by Crippen LogP contribution is 2.26. The molecule has 24 heavy (non-hydrogen) atoms. The number of nitro benzene ring substituents is 1. The monoisotopic (exact) mass is 323 g/mol. The quantitative estimate of drug-likeness (QED) is 0.568. The molecule has 0 saturated heterocycles. The van der Waals surface area contributed by atoms with Gasteiger partial charge in [-0.3, -0.25) is 10.1 Å². The highest BCUT2D eigenvalue weighted by atomic mass is 16.6. The summed E-state index contributed by atoms with van der Waals surface area (Å²) in [6.45, 7) is 0. The number of pyridine rings is 1. The molecule has 0 fully saturated rings. The number of rotatable bonds is 5. The Labute approximate surface area is 137 Å². The number of benzene rings is 1. The second-order valence-electron chi connectivity index (χ2n) is 4.75. The van der Waals surface area contributed by atoms with E-state index in [9.17, 15) is 10.1 Å². The summed E-state index contributed by atoms with van der Waals surface area (Å²) in [5.41, 5.74) is 2.07. The van der Waals surface area contributed by atoms with Gasteiger partial charge in [-0.1, -0.05) is 0 Å². The molecular formula is C16H13N5O3. The summed E-state index contributed by atoms with van der Waals surface area (Å²) in [5, 5.41) is 13.7. The zero-order chi connectivity index (χ0) is 16.9. The maximum atomic E-state index is 10.7. The molecule has 0 spiro atoms. The normalized spacial score (nSPS) is 10.2. The van der Waals surface area contributed by atoms with Crippen LogP contribution in [0.4, 0.5) is 17.3 Å². The van der Waals surface area contributed by atoms with Crippen molar-refractivity contribution in [1.82, 2.24) is 15.0 Å². The van der Waals surface area contributed by atoms with Crippen molar-refractivity contribution in [1.29, 1.82) is 0 Å². The summed E-state index contributed by atoms with van der Waals surface area (Å²) in [7, 11) is 1.54. The van der Waals surface area contributed by atoms with Crippen molar-refractivity contribution in [3.8, 4) is 17.1 Å². The number of hydrogen-bond donors (Lipinski definition) is 1. The minimum absolute atomic E-state index is 0.0234. The Balaban J connectivity index is 1.86. The van der Waals surface area contributed by atoms with Crippen LogP contribution in [0.2, 0.25) is 0 Å². The first kappa shape index (κ1) is 15.3. The number of anilines is 2. The van der Waals surface area contributed by atoms with Crippen LogP contribution in [0, 0.1) is 10.1 Å². The number of non-ortho nitro benzene ring substituents is 1. The summed E-state index contributed by atoms with van der Waals surface area (Å²) in [4.78, 5) is 23.0. The van der Waals surface area contributed by atoms with E-state index in [2.05, 4.69) is 20.3 Å². The molecule has 0 aliphatic heterocycles. The minimum Gasteiger partial charge on any atom is -0.481 e. The maximum Gasteiger partial charge on any atom is 0.269 e. The molecule has 8 nitrogen and oxygen atoms in total. The molecule has 2 aromatic heterocycles. The number of nitro groups is 1. The van der Waals surface area contributed by atoms with Gasteiger partial charge in [-0.2, -0.15) is 0 Å².